The van der Waals surface area contributed by atoms with Gasteiger partial charge in [-0.05, 0) is 61.7 Å². The molecule has 6 heteroatoms. The Morgan fingerprint density at radius 3 is 2.48 bits per heavy atom. The molecule has 0 aliphatic carbocycles. The standard InChI is InChI=1S/C25H26N2O3S/c1-16-4-6-19(7-5-16)25(29)27-13-12-22-20(15-27)14-23(31-22)24(28)26-17(2)18-8-10-21(30-3)11-9-18/h4-11,14,17H,12-13,15H2,1-3H3,(H,26,28)/t17-/m1/s1. The molecule has 0 bridgehead atoms. The van der Waals surface area contributed by atoms with Crippen molar-refractivity contribution in [3.05, 3.63) is 86.6 Å². The number of rotatable bonds is 5. The third-order valence-corrected chi connectivity index (χ3v) is 6.88. The fraction of sp³-hybridized carbons (Fsp3) is 0.280. The summed E-state index contributed by atoms with van der Waals surface area (Å²) >= 11 is 1.53. The molecule has 160 valence electrons. The lowest BCUT2D eigenvalue weighted by atomic mass is 10.1. The lowest BCUT2D eigenvalue weighted by molar-refractivity contribution is 0.0736. The monoisotopic (exact) mass is 434 g/mol. The number of amides is 2. The predicted molar refractivity (Wildman–Crippen MR) is 123 cm³/mol. The fourth-order valence-corrected chi connectivity index (χ4v) is 4.81. The van der Waals surface area contributed by atoms with E-state index in [2.05, 4.69) is 5.32 Å². The maximum Gasteiger partial charge on any atom is 0.261 e. The van der Waals surface area contributed by atoms with E-state index in [4.69, 9.17) is 4.74 Å². The van der Waals surface area contributed by atoms with Crippen molar-refractivity contribution in [2.75, 3.05) is 13.7 Å². The molecule has 2 amide bonds. The van der Waals surface area contributed by atoms with Crippen molar-refractivity contribution < 1.29 is 14.3 Å². The topological polar surface area (TPSA) is 58.6 Å². The summed E-state index contributed by atoms with van der Waals surface area (Å²) in [5, 5.41) is 3.07. The highest BCUT2D eigenvalue weighted by molar-refractivity contribution is 7.14. The number of hydrogen-bond acceptors (Lipinski definition) is 4. The van der Waals surface area contributed by atoms with Crippen molar-refractivity contribution in [3.63, 3.8) is 0 Å². The SMILES string of the molecule is COc1ccc([C@@H](C)NC(=O)c2cc3c(s2)CCN(C(=O)c2ccc(C)cc2)C3)cc1. The molecular weight excluding hydrogens is 408 g/mol. The van der Waals surface area contributed by atoms with Crippen LogP contribution in [-0.4, -0.2) is 30.4 Å². The van der Waals surface area contributed by atoms with Crippen LogP contribution in [-0.2, 0) is 13.0 Å². The first-order chi connectivity index (χ1) is 14.9. The van der Waals surface area contributed by atoms with Crippen LogP contribution in [0.3, 0.4) is 0 Å². The van der Waals surface area contributed by atoms with E-state index in [-0.39, 0.29) is 17.9 Å². The summed E-state index contributed by atoms with van der Waals surface area (Å²) in [5.41, 5.74) is 3.93. The molecule has 0 saturated carbocycles. The van der Waals surface area contributed by atoms with Crippen molar-refractivity contribution in [2.45, 2.75) is 32.9 Å². The number of fused-ring (bicyclic) bond motifs is 1. The number of methoxy groups -OCH3 is 1. The maximum absolute atomic E-state index is 12.9. The van der Waals surface area contributed by atoms with Gasteiger partial charge in [-0.15, -0.1) is 11.3 Å². The van der Waals surface area contributed by atoms with Crippen LogP contribution in [0.1, 0.15) is 54.6 Å². The number of thiophene rings is 1. The van der Waals surface area contributed by atoms with E-state index in [0.29, 0.717) is 23.5 Å². The largest absolute Gasteiger partial charge is 0.497 e. The highest BCUT2D eigenvalue weighted by atomic mass is 32.1. The number of carbonyl (C=O) groups excluding carboxylic acids is 2. The minimum absolute atomic E-state index is 0.0379. The van der Waals surface area contributed by atoms with E-state index in [1.807, 2.05) is 73.3 Å². The molecule has 1 N–H and O–H groups in total. The Morgan fingerprint density at radius 2 is 1.81 bits per heavy atom. The van der Waals surface area contributed by atoms with E-state index in [1.165, 1.54) is 16.2 Å². The van der Waals surface area contributed by atoms with Gasteiger partial charge in [0.05, 0.1) is 18.0 Å². The molecule has 1 aromatic heterocycles. The van der Waals surface area contributed by atoms with Crippen molar-refractivity contribution in [3.8, 4) is 5.75 Å². The quantitative estimate of drug-likeness (QED) is 0.630. The molecule has 1 aliphatic heterocycles. The van der Waals surface area contributed by atoms with Crippen LogP contribution in [0.5, 0.6) is 5.75 Å². The van der Waals surface area contributed by atoms with E-state index >= 15 is 0 Å². The van der Waals surface area contributed by atoms with Crippen LogP contribution in [0.25, 0.3) is 0 Å². The smallest absolute Gasteiger partial charge is 0.261 e. The third kappa shape index (κ3) is 4.64. The Hall–Kier alpha value is -3.12. The van der Waals surface area contributed by atoms with Gasteiger partial charge in [0, 0.05) is 23.5 Å². The average molecular weight is 435 g/mol. The van der Waals surface area contributed by atoms with Crippen molar-refractivity contribution in [2.24, 2.45) is 0 Å². The Morgan fingerprint density at radius 1 is 1.10 bits per heavy atom. The molecule has 1 aliphatic rings. The average Bonchev–Trinajstić information content (AvgIpc) is 3.23. The van der Waals surface area contributed by atoms with Crippen LogP contribution in [0.15, 0.2) is 54.6 Å². The summed E-state index contributed by atoms with van der Waals surface area (Å²) < 4.78 is 5.19. The first-order valence-corrected chi connectivity index (χ1v) is 11.2. The zero-order chi connectivity index (χ0) is 22.0. The summed E-state index contributed by atoms with van der Waals surface area (Å²) in [6.07, 6.45) is 0.777. The predicted octanol–water partition coefficient (Wildman–Crippen LogP) is 4.75. The lowest BCUT2D eigenvalue weighted by Gasteiger charge is -2.27. The molecule has 0 fully saturated rings. The van der Waals surface area contributed by atoms with Crippen LogP contribution in [0, 0.1) is 6.92 Å². The second kappa shape index (κ2) is 8.94. The van der Waals surface area contributed by atoms with Gasteiger partial charge >= 0.3 is 0 Å². The Bertz CT molecular complexity index is 1090. The van der Waals surface area contributed by atoms with Gasteiger partial charge in [0.1, 0.15) is 5.75 Å². The van der Waals surface area contributed by atoms with E-state index in [0.717, 1.165) is 28.9 Å². The highest BCUT2D eigenvalue weighted by Gasteiger charge is 2.25. The minimum Gasteiger partial charge on any atom is -0.497 e. The van der Waals surface area contributed by atoms with E-state index < -0.39 is 0 Å². The van der Waals surface area contributed by atoms with Gasteiger partial charge in [-0.1, -0.05) is 29.8 Å². The fourth-order valence-electron chi connectivity index (χ4n) is 3.74. The molecule has 2 heterocycles. The van der Waals surface area contributed by atoms with Crippen molar-refractivity contribution in [1.29, 1.82) is 0 Å². The molecule has 31 heavy (non-hydrogen) atoms. The normalized spacial score (nSPS) is 14.0. The van der Waals surface area contributed by atoms with Gasteiger partial charge < -0.3 is 15.0 Å². The Labute approximate surface area is 186 Å². The number of nitrogens with zero attached hydrogens (tertiary/aromatic N) is 1. The first kappa shape index (κ1) is 21.1. The molecule has 1 atom stereocenters. The van der Waals surface area contributed by atoms with Crippen LogP contribution < -0.4 is 10.1 Å². The van der Waals surface area contributed by atoms with Crippen LogP contribution in [0.2, 0.25) is 0 Å². The molecule has 3 aromatic rings. The summed E-state index contributed by atoms with van der Waals surface area (Å²) in [7, 11) is 1.63. The highest BCUT2D eigenvalue weighted by Crippen LogP contribution is 2.29. The molecule has 0 unspecified atom stereocenters. The van der Waals surface area contributed by atoms with Gasteiger partial charge in [0.2, 0.25) is 0 Å². The van der Waals surface area contributed by atoms with E-state index in [1.54, 1.807) is 7.11 Å². The van der Waals surface area contributed by atoms with Crippen LogP contribution >= 0.6 is 11.3 Å². The third-order valence-electron chi connectivity index (χ3n) is 5.64. The van der Waals surface area contributed by atoms with Crippen molar-refractivity contribution in [1.82, 2.24) is 10.2 Å². The van der Waals surface area contributed by atoms with Gasteiger partial charge in [-0.2, -0.15) is 0 Å². The molecule has 0 radical (unpaired) electrons. The molecular formula is C25H26N2O3S. The summed E-state index contributed by atoms with van der Waals surface area (Å²) in [4.78, 5) is 29.4. The molecule has 4 rings (SSSR count). The summed E-state index contributed by atoms with van der Waals surface area (Å²) in [6.45, 7) is 5.19. The van der Waals surface area contributed by atoms with E-state index in [9.17, 15) is 9.59 Å². The maximum atomic E-state index is 12.9. The number of carbonyl (C=O) groups is 2. The zero-order valence-electron chi connectivity index (χ0n) is 18.0. The molecule has 0 saturated heterocycles. The Kier molecular flexibility index (Phi) is 6.09. The minimum atomic E-state index is -0.114. The van der Waals surface area contributed by atoms with Crippen molar-refractivity contribution >= 4 is 23.2 Å². The van der Waals surface area contributed by atoms with Gasteiger partial charge in [-0.3, -0.25) is 9.59 Å². The molecule has 0 spiro atoms. The Balaban J connectivity index is 1.42. The molecule has 2 aromatic carbocycles. The summed E-state index contributed by atoms with van der Waals surface area (Å²) in [5.74, 6) is 0.744. The number of aryl methyl sites for hydroxylation is 1. The number of ether oxygens (including phenoxy) is 1. The first-order valence-electron chi connectivity index (χ1n) is 10.4. The number of benzene rings is 2. The molecule has 5 nitrogen and oxygen atoms in total. The summed E-state index contributed by atoms with van der Waals surface area (Å²) in [6, 6.07) is 17.2. The zero-order valence-corrected chi connectivity index (χ0v) is 18.8. The second-order valence-corrected chi connectivity index (χ2v) is 9.01. The van der Waals surface area contributed by atoms with Crippen LogP contribution in [0.4, 0.5) is 0 Å². The van der Waals surface area contributed by atoms with Gasteiger partial charge in [-0.25, -0.2) is 0 Å². The van der Waals surface area contributed by atoms with Gasteiger partial charge in [0.15, 0.2) is 0 Å². The van der Waals surface area contributed by atoms with Gasteiger partial charge in [0.25, 0.3) is 11.8 Å². The lowest BCUT2D eigenvalue weighted by Crippen LogP contribution is -2.35. The second-order valence-electron chi connectivity index (χ2n) is 7.87. The number of nitrogens with one attached hydrogen (secondary N) is 1. The number of hydrogen-bond donors (Lipinski definition) is 1.